The Hall–Kier alpha value is -0.960. The Balaban J connectivity index is 2.11. The number of nitrogens with one attached hydrogen (secondary N) is 1. The quantitative estimate of drug-likeness (QED) is 0.781. The third-order valence-electron chi connectivity index (χ3n) is 3.71. The Kier molecular flexibility index (Phi) is 5.37. The Bertz CT molecular complexity index is 576. The predicted octanol–water partition coefficient (Wildman–Crippen LogP) is 0.197. The van der Waals surface area contributed by atoms with E-state index < -0.39 is 10.0 Å². The first kappa shape index (κ1) is 16.4. The fourth-order valence-electron chi connectivity index (χ4n) is 2.65. The van der Waals surface area contributed by atoms with Crippen LogP contribution < -0.4 is 4.72 Å². The number of aliphatic hydroxyl groups excluding tert-OH is 1. The molecule has 1 fully saturated rings. The maximum absolute atomic E-state index is 12.5. The molecule has 2 N–H and O–H groups in total. The normalized spacial score (nSPS) is 19.9. The predicted molar refractivity (Wildman–Crippen MR) is 77.5 cm³/mol. The van der Waals surface area contributed by atoms with Gasteiger partial charge in [0.05, 0.1) is 31.1 Å². The van der Waals surface area contributed by atoms with Crippen LogP contribution in [0.25, 0.3) is 0 Å². The number of aromatic nitrogens is 2. The van der Waals surface area contributed by atoms with Crippen molar-refractivity contribution in [2.24, 2.45) is 5.92 Å². The summed E-state index contributed by atoms with van der Waals surface area (Å²) in [7, 11) is -3.59. The second-order valence-electron chi connectivity index (χ2n) is 5.38. The second-order valence-corrected chi connectivity index (χ2v) is 7.09. The molecule has 21 heavy (non-hydrogen) atoms. The number of nitrogens with zero attached hydrogens (tertiary/aromatic N) is 2. The second kappa shape index (κ2) is 6.87. The van der Waals surface area contributed by atoms with Crippen molar-refractivity contribution in [2.75, 3.05) is 26.4 Å². The maximum atomic E-state index is 12.5. The van der Waals surface area contributed by atoms with E-state index in [9.17, 15) is 8.42 Å². The van der Waals surface area contributed by atoms with Gasteiger partial charge in [0.1, 0.15) is 4.90 Å². The van der Waals surface area contributed by atoms with E-state index in [2.05, 4.69) is 9.82 Å². The minimum absolute atomic E-state index is 0.0751. The van der Waals surface area contributed by atoms with Gasteiger partial charge in [-0.2, -0.15) is 5.10 Å². The van der Waals surface area contributed by atoms with Gasteiger partial charge in [-0.1, -0.05) is 0 Å². The first-order chi connectivity index (χ1) is 9.95. The molecule has 1 saturated heterocycles. The lowest BCUT2D eigenvalue weighted by atomic mass is 10.0. The lowest BCUT2D eigenvalue weighted by molar-refractivity contribution is 0.0568. The van der Waals surface area contributed by atoms with Crippen LogP contribution in [0.4, 0.5) is 0 Å². The van der Waals surface area contributed by atoms with E-state index in [0.29, 0.717) is 31.1 Å². The molecule has 0 spiro atoms. The average molecular weight is 317 g/mol. The molecule has 120 valence electrons. The molecule has 1 aromatic rings. The molecule has 1 aliphatic heterocycles. The Morgan fingerprint density at radius 1 is 1.48 bits per heavy atom. The molecular weight excluding hydrogens is 294 g/mol. The zero-order valence-electron chi connectivity index (χ0n) is 12.5. The van der Waals surface area contributed by atoms with Gasteiger partial charge in [0.25, 0.3) is 0 Å². The van der Waals surface area contributed by atoms with E-state index in [1.165, 1.54) is 4.68 Å². The lowest BCUT2D eigenvalue weighted by Crippen LogP contribution is -2.33. The Morgan fingerprint density at radius 3 is 2.86 bits per heavy atom. The smallest absolute Gasteiger partial charge is 0.244 e. The minimum Gasteiger partial charge on any atom is -0.394 e. The summed E-state index contributed by atoms with van der Waals surface area (Å²) in [4.78, 5) is 0.215. The summed E-state index contributed by atoms with van der Waals surface area (Å²) in [5.74, 6) is 0.224. The van der Waals surface area contributed by atoms with Crippen molar-refractivity contribution in [3.63, 3.8) is 0 Å². The molecule has 2 heterocycles. The standard InChI is InChI=1S/C13H23N3O4S/c1-10-13(11(2)16(15-10)5-6-17)21(18,19)14-8-12-4-3-7-20-9-12/h12,14,17H,3-9H2,1-2H3. The van der Waals surface area contributed by atoms with Gasteiger partial charge in [-0.25, -0.2) is 13.1 Å². The third kappa shape index (κ3) is 3.82. The highest BCUT2D eigenvalue weighted by atomic mass is 32.2. The first-order valence-electron chi connectivity index (χ1n) is 7.18. The van der Waals surface area contributed by atoms with Gasteiger partial charge in [-0.15, -0.1) is 0 Å². The molecule has 0 saturated carbocycles. The molecular formula is C13H23N3O4S. The summed E-state index contributed by atoms with van der Waals surface area (Å²) in [5.41, 5.74) is 1.00. The largest absolute Gasteiger partial charge is 0.394 e. The highest BCUT2D eigenvalue weighted by Gasteiger charge is 2.25. The zero-order valence-corrected chi connectivity index (χ0v) is 13.3. The third-order valence-corrected chi connectivity index (χ3v) is 5.39. The maximum Gasteiger partial charge on any atom is 0.244 e. The van der Waals surface area contributed by atoms with Gasteiger partial charge in [-0.05, 0) is 32.6 Å². The van der Waals surface area contributed by atoms with E-state index in [4.69, 9.17) is 9.84 Å². The number of ether oxygens (including phenoxy) is 1. The monoisotopic (exact) mass is 317 g/mol. The van der Waals surface area contributed by atoms with Gasteiger partial charge in [0.2, 0.25) is 10.0 Å². The van der Waals surface area contributed by atoms with Crippen LogP contribution in [0.1, 0.15) is 24.2 Å². The van der Waals surface area contributed by atoms with Gasteiger partial charge >= 0.3 is 0 Å². The molecule has 0 amide bonds. The van der Waals surface area contributed by atoms with Crippen LogP contribution in [0.15, 0.2) is 4.90 Å². The molecule has 0 bridgehead atoms. The van der Waals surface area contributed by atoms with Crippen LogP contribution in [-0.2, 0) is 21.3 Å². The van der Waals surface area contributed by atoms with E-state index in [1.54, 1.807) is 13.8 Å². The fraction of sp³-hybridized carbons (Fsp3) is 0.769. The van der Waals surface area contributed by atoms with Gasteiger partial charge in [0, 0.05) is 13.2 Å². The van der Waals surface area contributed by atoms with Gasteiger partial charge in [0.15, 0.2) is 0 Å². The van der Waals surface area contributed by atoms with Gasteiger partial charge in [-0.3, -0.25) is 4.68 Å². The topological polar surface area (TPSA) is 93.5 Å². The van der Waals surface area contributed by atoms with Crippen molar-refractivity contribution in [1.82, 2.24) is 14.5 Å². The number of sulfonamides is 1. The van der Waals surface area contributed by atoms with Crippen LogP contribution in [0, 0.1) is 19.8 Å². The summed E-state index contributed by atoms with van der Waals surface area (Å²) >= 11 is 0. The van der Waals surface area contributed by atoms with Crippen LogP contribution in [-0.4, -0.2) is 49.7 Å². The van der Waals surface area contributed by atoms with Crippen molar-refractivity contribution in [2.45, 2.75) is 38.1 Å². The SMILES string of the molecule is Cc1nn(CCO)c(C)c1S(=O)(=O)NCC1CCCOC1. The first-order valence-corrected chi connectivity index (χ1v) is 8.66. The molecule has 0 aliphatic carbocycles. The molecule has 0 aromatic carbocycles. The summed E-state index contributed by atoms with van der Waals surface area (Å²) in [6, 6.07) is 0. The number of hydrogen-bond acceptors (Lipinski definition) is 5. The lowest BCUT2D eigenvalue weighted by Gasteiger charge is -2.22. The van der Waals surface area contributed by atoms with Crippen LogP contribution in [0.2, 0.25) is 0 Å². The van der Waals surface area contributed by atoms with E-state index in [1.807, 2.05) is 0 Å². The van der Waals surface area contributed by atoms with Crippen molar-refractivity contribution in [3.8, 4) is 0 Å². The van der Waals surface area contributed by atoms with E-state index in [0.717, 1.165) is 19.4 Å². The summed E-state index contributed by atoms with van der Waals surface area (Å²) in [6.07, 6.45) is 1.95. The van der Waals surface area contributed by atoms with Crippen molar-refractivity contribution in [3.05, 3.63) is 11.4 Å². The Morgan fingerprint density at radius 2 is 2.24 bits per heavy atom. The summed E-state index contributed by atoms with van der Waals surface area (Å²) in [5, 5.41) is 13.2. The fourth-order valence-corrected chi connectivity index (χ4v) is 4.17. The summed E-state index contributed by atoms with van der Waals surface area (Å²) in [6.45, 7) is 5.33. The highest BCUT2D eigenvalue weighted by molar-refractivity contribution is 7.89. The molecule has 1 atom stereocenters. The molecule has 0 radical (unpaired) electrons. The number of aryl methyl sites for hydroxylation is 1. The van der Waals surface area contributed by atoms with Crippen molar-refractivity contribution in [1.29, 1.82) is 0 Å². The highest BCUT2D eigenvalue weighted by Crippen LogP contribution is 2.20. The van der Waals surface area contributed by atoms with E-state index in [-0.39, 0.29) is 17.4 Å². The van der Waals surface area contributed by atoms with Crippen LogP contribution in [0.5, 0.6) is 0 Å². The molecule has 7 nitrogen and oxygen atoms in total. The van der Waals surface area contributed by atoms with Crippen LogP contribution in [0.3, 0.4) is 0 Å². The molecule has 2 rings (SSSR count). The number of rotatable bonds is 6. The number of aliphatic hydroxyl groups is 1. The van der Waals surface area contributed by atoms with Crippen molar-refractivity contribution >= 4 is 10.0 Å². The molecule has 1 aromatic heterocycles. The summed E-state index contributed by atoms with van der Waals surface area (Å²) < 4.78 is 34.5. The molecule has 1 unspecified atom stereocenters. The van der Waals surface area contributed by atoms with Crippen molar-refractivity contribution < 1.29 is 18.3 Å². The average Bonchev–Trinajstić information content (AvgIpc) is 2.73. The molecule has 1 aliphatic rings. The van der Waals surface area contributed by atoms with E-state index >= 15 is 0 Å². The van der Waals surface area contributed by atoms with Crippen LogP contribution >= 0.6 is 0 Å². The minimum atomic E-state index is -3.59. The number of hydrogen-bond donors (Lipinski definition) is 2. The van der Waals surface area contributed by atoms with Gasteiger partial charge < -0.3 is 9.84 Å². The Labute approximate surface area is 125 Å². The molecule has 8 heteroatoms. The zero-order chi connectivity index (χ0) is 15.5.